The Labute approximate surface area is 169 Å². The van der Waals surface area contributed by atoms with Gasteiger partial charge in [-0.1, -0.05) is 6.07 Å². The van der Waals surface area contributed by atoms with Crippen LogP contribution in [0.3, 0.4) is 0 Å². The van der Waals surface area contributed by atoms with Crippen LogP contribution in [0.2, 0.25) is 0 Å². The highest BCUT2D eigenvalue weighted by Gasteiger charge is 2.22. The van der Waals surface area contributed by atoms with E-state index in [9.17, 15) is 4.79 Å². The van der Waals surface area contributed by atoms with E-state index in [2.05, 4.69) is 31.3 Å². The molecular weight excluding hydrogens is 364 g/mol. The van der Waals surface area contributed by atoms with Crippen LogP contribution >= 0.6 is 0 Å². The molecule has 0 saturated carbocycles. The molecule has 1 atom stereocenters. The second-order valence-corrected chi connectivity index (χ2v) is 7.23. The van der Waals surface area contributed by atoms with Crippen LogP contribution in [0, 0.1) is 5.92 Å². The first-order valence-electron chi connectivity index (χ1n) is 9.84. The fraction of sp³-hybridized carbons (Fsp3) is 0.273. The third-order valence-electron chi connectivity index (χ3n) is 5.03. The van der Waals surface area contributed by atoms with E-state index in [4.69, 9.17) is 0 Å². The lowest BCUT2D eigenvalue weighted by molar-refractivity contribution is -0.127. The van der Waals surface area contributed by atoms with Gasteiger partial charge in [-0.15, -0.1) is 0 Å². The van der Waals surface area contributed by atoms with Crippen molar-refractivity contribution in [3.8, 4) is 0 Å². The topological polar surface area (TPSA) is 86.8 Å². The van der Waals surface area contributed by atoms with Crippen LogP contribution in [0.1, 0.15) is 24.1 Å². The van der Waals surface area contributed by atoms with E-state index in [1.54, 1.807) is 30.9 Å². The Kier molecular flexibility index (Phi) is 5.95. The number of hydrogen-bond donors (Lipinski definition) is 2. The molecule has 7 nitrogen and oxygen atoms in total. The van der Waals surface area contributed by atoms with Crippen molar-refractivity contribution < 1.29 is 4.79 Å². The molecule has 0 aliphatic carbocycles. The van der Waals surface area contributed by atoms with Gasteiger partial charge < -0.3 is 15.2 Å². The highest BCUT2D eigenvalue weighted by Crippen LogP contribution is 2.22. The van der Waals surface area contributed by atoms with Crippen LogP contribution in [0.4, 0.5) is 11.6 Å². The first-order valence-corrected chi connectivity index (χ1v) is 9.84. The summed E-state index contributed by atoms with van der Waals surface area (Å²) >= 11 is 0. The van der Waals surface area contributed by atoms with Gasteiger partial charge in [0.2, 0.25) is 5.91 Å². The number of rotatable bonds is 6. The number of carbonyl (C=O) groups is 1. The van der Waals surface area contributed by atoms with E-state index >= 15 is 0 Å². The molecule has 1 aliphatic heterocycles. The number of carbonyl (C=O) groups excluding carboxylic acids is 1. The first kappa shape index (κ1) is 18.9. The molecule has 4 rings (SSSR count). The molecule has 1 aliphatic rings. The minimum Gasteiger partial charge on any atom is -0.345 e. The normalized spacial score (nSPS) is 16.8. The van der Waals surface area contributed by atoms with Crippen LogP contribution < -0.4 is 5.32 Å². The number of nitrogens with one attached hydrogen (secondary N) is 2. The minimum atomic E-state index is 0.0523. The molecule has 0 bridgehead atoms. The number of likely N-dealkylation sites (tertiary alicyclic amines) is 1. The lowest BCUT2D eigenvalue weighted by Gasteiger charge is -2.32. The van der Waals surface area contributed by atoms with Crippen LogP contribution in [0.15, 0.2) is 61.3 Å². The van der Waals surface area contributed by atoms with Crippen molar-refractivity contribution in [1.29, 1.82) is 0 Å². The number of piperidine rings is 1. The van der Waals surface area contributed by atoms with E-state index < -0.39 is 0 Å². The maximum absolute atomic E-state index is 12.5. The average molecular weight is 388 g/mol. The van der Waals surface area contributed by atoms with Crippen LogP contribution in [0.25, 0.3) is 6.08 Å². The number of H-pyrrole nitrogens is 1. The molecule has 2 N–H and O–H groups in total. The smallest absolute Gasteiger partial charge is 0.246 e. The monoisotopic (exact) mass is 388 g/mol. The molecule has 0 unspecified atom stereocenters. The summed E-state index contributed by atoms with van der Waals surface area (Å²) in [6.45, 7) is 1.59. The van der Waals surface area contributed by atoms with Gasteiger partial charge in [-0.25, -0.2) is 15.0 Å². The molecule has 3 aromatic rings. The zero-order valence-corrected chi connectivity index (χ0v) is 16.2. The van der Waals surface area contributed by atoms with Crippen LogP contribution in [-0.2, 0) is 11.2 Å². The van der Waals surface area contributed by atoms with Crippen molar-refractivity contribution in [3.05, 3.63) is 72.6 Å². The molecule has 3 aromatic heterocycles. The molecule has 7 heteroatoms. The lowest BCUT2D eigenvalue weighted by atomic mass is 9.91. The van der Waals surface area contributed by atoms with Crippen LogP contribution in [-0.4, -0.2) is 43.8 Å². The Balaban J connectivity index is 1.35. The number of pyridine rings is 2. The standard InChI is InChI=1S/C22H24N6O/c29-22(7-6-19-14-23-16-26-19)28-11-3-4-18(15-28)12-17-8-10-25-21(13-17)27-20-5-1-2-9-24-20/h1-2,5-10,13-14,16,18H,3-4,11-12,15H2,(H,23,26)(H,24,25,27)/b7-6+/t18-/m1/s1. The summed E-state index contributed by atoms with van der Waals surface area (Å²) in [5.41, 5.74) is 2.04. The minimum absolute atomic E-state index is 0.0523. The van der Waals surface area contributed by atoms with Crippen LogP contribution in [0.5, 0.6) is 0 Å². The van der Waals surface area contributed by atoms with Crippen molar-refractivity contribution in [2.24, 2.45) is 5.92 Å². The van der Waals surface area contributed by atoms with Crippen molar-refractivity contribution in [2.75, 3.05) is 18.4 Å². The molecule has 148 valence electrons. The Morgan fingerprint density at radius 2 is 2.17 bits per heavy atom. The Morgan fingerprint density at radius 3 is 3.00 bits per heavy atom. The summed E-state index contributed by atoms with van der Waals surface area (Å²) in [4.78, 5) is 30.1. The summed E-state index contributed by atoms with van der Waals surface area (Å²) in [6, 6.07) is 9.84. The lowest BCUT2D eigenvalue weighted by Crippen LogP contribution is -2.39. The Bertz CT molecular complexity index is 954. The molecule has 29 heavy (non-hydrogen) atoms. The number of aromatic amines is 1. The average Bonchev–Trinajstić information content (AvgIpc) is 3.27. The molecule has 0 aromatic carbocycles. The van der Waals surface area contributed by atoms with Crippen molar-refractivity contribution >= 4 is 23.6 Å². The molecular formula is C22H24N6O. The summed E-state index contributed by atoms with van der Waals surface area (Å²) in [6.07, 6.45) is 13.3. The summed E-state index contributed by atoms with van der Waals surface area (Å²) in [5.74, 6) is 2.05. The van der Waals surface area contributed by atoms with Gasteiger partial charge in [0.25, 0.3) is 0 Å². The predicted octanol–water partition coefficient (Wildman–Crippen LogP) is 3.44. The van der Waals surface area contributed by atoms with Gasteiger partial charge in [0.1, 0.15) is 11.6 Å². The van der Waals surface area contributed by atoms with Gasteiger partial charge in [0.15, 0.2) is 0 Å². The fourth-order valence-corrected chi connectivity index (χ4v) is 3.63. The number of amides is 1. The van der Waals surface area contributed by atoms with Gasteiger partial charge in [0, 0.05) is 31.6 Å². The number of aromatic nitrogens is 4. The zero-order chi connectivity index (χ0) is 19.9. The van der Waals surface area contributed by atoms with Gasteiger partial charge in [-0.3, -0.25) is 4.79 Å². The van der Waals surface area contributed by atoms with Crippen molar-refractivity contribution in [2.45, 2.75) is 19.3 Å². The molecule has 0 spiro atoms. The van der Waals surface area contributed by atoms with Crippen molar-refractivity contribution in [3.63, 3.8) is 0 Å². The third kappa shape index (κ3) is 5.28. The SMILES string of the molecule is O=C(/C=C/c1cnc[nH]1)N1CCC[C@H](Cc2ccnc(Nc3ccccn3)c2)C1. The number of imidazole rings is 1. The third-order valence-corrected chi connectivity index (χ3v) is 5.03. The van der Waals surface area contributed by atoms with Gasteiger partial charge in [-0.05, 0) is 61.1 Å². The summed E-state index contributed by atoms with van der Waals surface area (Å²) < 4.78 is 0. The van der Waals surface area contributed by atoms with E-state index in [1.807, 2.05) is 35.4 Å². The second-order valence-electron chi connectivity index (χ2n) is 7.23. The molecule has 0 radical (unpaired) electrons. The van der Waals surface area contributed by atoms with Gasteiger partial charge >= 0.3 is 0 Å². The number of nitrogens with zero attached hydrogens (tertiary/aromatic N) is 4. The van der Waals surface area contributed by atoms with Gasteiger partial charge in [0.05, 0.1) is 18.2 Å². The molecule has 1 amide bonds. The van der Waals surface area contributed by atoms with Crippen molar-refractivity contribution in [1.82, 2.24) is 24.8 Å². The van der Waals surface area contributed by atoms with E-state index in [1.165, 1.54) is 5.56 Å². The highest BCUT2D eigenvalue weighted by molar-refractivity contribution is 5.91. The van der Waals surface area contributed by atoms with E-state index in [-0.39, 0.29) is 5.91 Å². The fourth-order valence-electron chi connectivity index (χ4n) is 3.63. The van der Waals surface area contributed by atoms with E-state index in [0.717, 1.165) is 49.7 Å². The molecule has 4 heterocycles. The number of hydrogen-bond acceptors (Lipinski definition) is 5. The first-order chi connectivity index (χ1) is 14.3. The summed E-state index contributed by atoms with van der Waals surface area (Å²) in [7, 11) is 0. The maximum atomic E-state index is 12.5. The quantitative estimate of drug-likeness (QED) is 0.632. The Morgan fingerprint density at radius 1 is 1.24 bits per heavy atom. The maximum Gasteiger partial charge on any atom is 0.246 e. The zero-order valence-electron chi connectivity index (χ0n) is 16.2. The largest absolute Gasteiger partial charge is 0.345 e. The van der Waals surface area contributed by atoms with E-state index in [0.29, 0.717) is 5.92 Å². The predicted molar refractivity (Wildman–Crippen MR) is 112 cm³/mol. The molecule has 1 saturated heterocycles. The Hall–Kier alpha value is -3.48. The molecule has 1 fully saturated rings. The summed E-state index contributed by atoms with van der Waals surface area (Å²) in [5, 5.41) is 3.23. The van der Waals surface area contributed by atoms with Gasteiger partial charge in [-0.2, -0.15) is 0 Å². The second kappa shape index (κ2) is 9.14. The number of anilines is 2. The highest BCUT2D eigenvalue weighted by atomic mass is 16.2.